The van der Waals surface area contributed by atoms with Crippen molar-refractivity contribution in [3.8, 4) is 11.5 Å². The standard InChI is InChI=1S/C12H15ClN4O3S/c1-2-19-9-3-7(5-16-17-12(15)21)8(13)4-10(9)20-6-11(14)18/h3-5H,2,6H2,1H3,(H2,14,18)(H3,15,17,21). The van der Waals surface area contributed by atoms with Crippen molar-refractivity contribution < 1.29 is 14.3 Å². The third-order valence-electron chi connectivity index (χ3n) is 2.11. The van der Waals surface area contributed by atoms with Gasteiger partial charge in [-0.05, 0) is 25.2 Å². The lowest BCUT2D eigenvalue weighted by molar-refractivity contribution is -0.119. The lowest BCUT2D eigenvalue weighted by atomic mass is 10.2. The number of primary amides is 1. The SMILES string of the molecule is CCOc1cc(C=NNC(N)=S)c(Cl)cc1OCC(N)=O. The van der Waals surface area contributed by atoms with Crippen LogP contribution in [0.2, 0.25) is 5.02 Å². The fraction of sp³-hybridized carbons (Fsp3) is 0.250. The molecule has 1 aromatic carbocycles. The van der Waals surface area contributed by atoms with Gasteiger partial charge in [0.05, 0.1) is 17.8 Å². The Bertz CT molecular complexity index is 566. The number of halogens is 1. The number of nitrogens with zero attached hydrogens (tertiary/aromatic N) is 1. The molecule has 0 saturated carbocycles. The van der Waals surface area contributed by atoms with Crippen molar-refractivity contribution in [3.05, 3.63) is 22.7 Å². The largest absolute Gasteiger partial charge is 0.490 e. The Morgan fingerprint density at radius 2 is 2.10 bits per heavy atom. The number of nitrogens with one attached hydrogen (secondary N) is 1. The Kier molecular flexibility index (Phi) is 6.70. The minimum absolute atomic E-state index is 0.0359. The first-order valence-electron chi connectivity index (χ1n) is 5.90. The van der Waals surface area contributed by atoms with E-state index in [2.05, 4.69) is 22.7 Å². The fourth-order valence-corrected chi connectivity index (χ4v) is 1.60. The Morgan fingerprint density at radius 3 is 2.67 bits per heavy atom. The summed E-state index contributed by atoms with van der Waals surface area (Å²) < 4.78 is 10.7. The molecule has 0 spiro atoms. The fourth-order valence-electron chi connectivity index (χ4n) is 1.35. The molecule has 1 aromatic rings. The Hall–Kier alpha value is -2.06. The second kappa shape index (κ2) is 8.28. The summed E-state index contributed by atoms with van der Waals surface area (Å²) in [6, 6.07) is 3.13. The first-order valence-corrected chi connectivity index (χ1v) is 6.68. The number of rotatable bonds is 7. The number of carbonyl (C=O) groups excluding carboxylic acids is 1. The van der Waals surface area contributed by atoms with Crippen molar-refractivity contribution in [1.29, 1.82) is 0 Å². The van der Waals surface area contributed by atoms with Gasteiger partial charge in [0.25, 0.3) is 5.91 Å². The number of carbonyl (C=O) groups is 1. The van der Waals surface area contributed by atoms with Gasteiger partial charge in [-0.2, -0.15) is 5.10 Å². The van der Waals surface area contributed by atoms with Crippen LogP contribution in [0.1, 0.15) is 12.5 Å². The molecule has 9 heteroatoms. The van der Waals surface area contributed by atoms with Gasteiger partial charge in [0, 0.05) is 11.6 Å². The van der Waals surface area contributed by atoms with Crippen LogP contribution in [-0.4, -0.2) is 30.4 Å². The van der Waals surface area contributed by atoms with Crippen molar-refractivity contribution in [3.63, 3.8) is 0 Å². The maximum Gasteiger partial charge on any atom is 0.255 e. The van der Waals surface area contributed by atoms with Crippen LogP contribution in [0.15, 0.2) is 17.2 Å². The highest BCUT2D eigenvalue weighted by molar-refractivity contribution is 7.80. The van der Waals surface area contributed by atoms with Gasteiger partial charge in [-0.3, -0.25) is 10.2 Å². The number of hydrogen-bond acceptors (Lipinski definition) is 5. The van der Waals surface area contributed by atoms with Crippen LogP contribution in [0.25, 0.3) is 0 Å². The predicted octanol–water partition coefficient (Wildman–Crippen LogP) is 0.770. The maximum atomic E-state index is 10.8. The molecule has 0 heterocycles. The van der Waals surface area contributed by atoms with E-state index in [0.717, 1.165) is 0 Å². The molecule has 0 saturated heterocycles. The van der Waals surface area contributed by atoms with E-state index in [1.807, 2.05) is 6.92 Å². The van der Waals surface area contributed by atoms with Crippen LogP contribution in [0.5, 0.6) is 11.5 Å². The minimum atomic E-state index is -0.597. The first-order chi connectivity index (χ1) is 9.93. The van der Waals surface area contributed by atoms with E-state index in [1.165, 1.54) is 12.3 Å². The van der Waals surface area contributed by atoms with Gasteiger partial charge < -0.3 is 20.9 Å². The number of amides is 1. The van der Waals surface area contributed by atoms with Gasteiger partial charge in [0.2, 0.25) is 0 Å². The summed E-state index contributed by atoms with van der Waals surface area (Å²) in [5.74, 6) is 0.139. The van der Waals surface area contributed by atoms with E-state index >= 15 is 0 Å². The molecule has 1 amide bonds. The highest BCUT2D eigenvalue weighted by Crippen LogP contribution is 2.33. The van der Waals surface area contributed by atoms with Crippen LogP contribution in [-0.2, 0) is 4.79 Å². The molecule has 0 atom stereocenters. The Labute approximate surface area is 132 Å². The van der Waals surface area contributed by atoms with E-state index in [9.17, 15) is 4.79 Å². The minimum Gasteiger partial charge on any atom is -0.490 e. The smallest absolute Gasteiger partial charge is 0.255 e. The molecular formula is C12H15ClN4O3S. The number of benzene rings is 1. The molecule has 0 aromatic heterocycles. The predicted molar refractivity (Wildman–Crippen MR) is 84.8 cm³/mol. The number of ether oxygens (including phenoxy) is 2. The Morgan fingerprint density at radius 1 is 1.43 bits per heavy atom. The van der Waals surface area contributed by atoms with Crippen LogP contribution < -0.4 is 26.4 Å². The van der Waals surface area contributed by atoms with Gasteiger partial charge in [0.1, 0.15) is 0 Å². The lowest BCUT2D eigenvalue weighted by Gasteiger charge is -2.12. The van der Waals surface area contributed by atoms with E-state index in [-0.39, 0.29) is 11.7 Å². The van der Waals surface area contributed by atoms with Crippen LogP contribution in [0.3, 0.4) is 0 Å². The van der Waals surface area contributed by atoms with Gasteiger partial charge in [-0.25, -0.2) is 0 Å². The van der Waals surface area contributed by atoms with E-state index in [4.69, 9.17) is 32.5 Å². The third kappa shape index (κ3) is 5.84. The lowest BCUT2D eigenvalue weighted by Crippen LogP contribution is -2.24. The summed E-state index contributed by atoms with van der Waals surface area (Å²) in [7, 11) is 0. The number of hydrazone groups is 1. The normalized spacial score (nSPS) is 10.4. The maximum absolute atomic E-state index is 10.8. The summed E-state index contributed by atoms with van der Waals surface area (Å²) in [6.07, 6.45) is 1.43. The Balaban J connectivity index is 3.01. The molecule has 0 aliphatic heterocycles. The molecule has 1 rings (SSSR count). The summed E-state index contributed by atoms with van der Waals surface area (Å²) in [6.45, 7) is 1.96. The molecule has 21 heavy (non-hydrogen) atoms. The van der Waals surface area contributed by atoms with E-state index in [0.29, 0.717) is 28.7 Å². The van der Waals surface area contributed by atoms with Crippen LogP contribution in [0.4, 0.5) is 0 Å². The van der Waals surface area contributed by atoms with Crippen molar-refractivity contribution >= 4 is 41.1 Å². The van der Waals surface area contributed by atoms with Crippen molar-refractivity contribution in [2.24, 2.45) is 16.6 Å². The number of nitrogens with two attached hydrogens (primary N) is 2. The molecule has 0 aliphatic carbocycles. The molecule has 0 aliphatic rings. The summed E-state index contributed by atoms with van der Waals surface area (Å²) in [5, 5.41) is 4.20. The zero-order valence-corrected chi connectivity index (χ0v) is 12.8. The first kappa shape index (κ1) is 17.0. The zero-order valence-electron chi connectivity index (χ0n) is 11.3. The number of thiocarbonyl (C=S) groups is 1. The summed E-state index contributed by atoms with van der Waals surface area (Å²) >= 11 is 10.7. The number of hydrogen-bond donors (Lipinski definition) is 3. The summed E-state index contributed by atoms with van der Waals surface area (Å²) in [5.41, 5.74) is 13.3. The topological polar surface area (TPSA) is 112 Å². The molecule has 0 unspecified atom stereocenters. The zero-order chi connectivity index (χ0) is 15.8. The highest BCUT2D eigenvalue weighted by Gasteiger charge is 2.11. The van der Waals surface area contributed by atoms with Crippen molar-refractivity contribution in [2.45, 2.75) is 6.92 Å². The van der Waals surface area contributed by atoms with Gasteiger partial charge in [-0.15, -0.1) is 0 Å². The van der Waals surface area contributed by atoms with Crippen LogP contribution >= 0.6 is 23.8 Å². The molecule has 7 nitrogen and oxygen atoms in total. The molecule has 0 bridgehead atoms. The van der Waals surface area contributed by atoms with E-state index in [1.54, 1.807) is 6.07 Å². The molecular weight excluding hydrogens is 316 g/mol. The molecule has 114 valence electrons. The average Bonchev–Trinajstić information content (AvgIpc) is 2.40. The summed E-state index contributed by atoms with van der Waals surface area (Å²) in [4.78, 5) is 10.8. The molecule has 0 fully saturated rings. The highest BCUT2D eigenvalue weighted by atomic mass is 35.5. The van der Waals surface area contributed by atoms with Gasteiger partial charge in [0.15, 0.2) is 23.2 Å². The van der Waals surface area contributed by atoms with E-state index < -0.39 is 5.91 Å². The van der Waals surface area contributed by atoms with Crippen LogP contribution in [0, 0.1) is 0 Å². The third-order valence-corrected chi connectivity index (χ3v) is 2.53. The van der Waals surface area contributed by atoms with Crippen molar-refractivity contribution in [2.75, 3.05) is 13.2 Å². The van der Waals surface area contributed by atoms with Gasteiger partial charge in [-0.1, -0.05) is 11.6 Å². The quantitative estimate of drug-likeness (QED) is 0.387. The second-order valence-electron chi connectivity index (χ2n) is 3.74. The molecule has 0 radical (unpaired) electrons. The van der Waals surface area contributed by atoms with Crippen molar-refractivity contribution in [1.82, 2.24) is 5.43 Å². The molecule has 5 N–H and O–H groups in total. The second-order valence-corrected chi connectivity index (χ2v) is 4.59. The van der Waals surface area contributed by atoms with Gasteiger partial charge >= 0.3 is 0 Å². The monoisotopic (exact) mass is 330 g/mol. The average molecular weight is 331 g/mol.